The van der Waals surface area contributed by atoms with E-state index in [-0.39, 0.29) is 5.91 Å². The summed E-state index contributed by atoms with van der Waals surface area (Å²) in [6, 6.07) is 1.98. The van der Waals surface area contributed by atoms with Crippen molar-refractivity contribution in [2.24, 2.45) is 0 Å². The highest BCUT2D eigenvalue weighted by molar-refractivity contribution is 5.84. The van der Waals surface area contributed by atoms with Gasteiger partial charge < -0.3 is 10.3 Å². The van der Waals surface area contributed by atoms with Crippen molar-refractivity contribution in [1.82, 2.24) is 15.3 Å². The molecule has 0 fully saturated rings. The molecule has 4 heteroatoms. The molecule has 0 unspecified atom stereocenters. The Morgan fingerprint density at radius 3 is 2.94 bits per heavy atom. The van der Waals surface area contributed by atoms with Crippen LogP contribution in [-0.2, 0) is 11.3 Å². The maximum atomic E-state index is 11.0. The molecule has 2 rings (SSSR count). The van der Waals surface area contributed by atoms with E-state index in [0.717, 1.165) is 16.5 Å². The summed E-state index contributed by atoms with van der Waals surface area (Å²) in [5, 5.41) is 3.99. The average molecular weight is 231 g/mol. The number of carbonyl (C=O) groups excluding carboxylic acids is 1. The molecule has 0 bridgehead atoms. The minimum absolute atomic E-state index is 0.0110. The molecule has 0 atom stereocenters. The van der Waals surface area contributed by atoms with Crippen molar-refractivity contribution in [1.29, 1.82) is 0 Å². The summed E-state index contributed by atoms with van der Waals surface area (Å²) >= 11 is 0. The lowest BCUT2D eigenvalue weighted by Gasteiger charge is -2.08. The third kappa shape index (κ3) is 2.30. The lowest BCUT2D eigenvalue weighted by molar-refractivity contribution is -0.119. The van der Waals surface area contributed by atoms with Gasteiger partial charge in [0.2, 0.25) is 5.91 Å². The Morgan fingerprint density at radius 1 is 1.53 bits per heavy atom. The second kappa shape index (κ2) is 4.57. The highest BCUT2D eigenvalue weighted by atomic mass is 16.1. The number of hydrogen-bond acceptors (Lipinski definition) is 2. The van der Waals surface area contributed by atoms with Gasteiger partial charge in [-0.05, 0) is 12.0 Å². The van der Waals surface area contributed by atoms with Gasteiger partial charge in [-0.15, -0.1) is 0 Å². The number of aromatic nitrogens is 2. The Balaban J connectivity index is 2.48. The van der Waals surface area contributed by atoms with Gasteiger partial charge in [0, 0.05) is 36.3 Å². The zero-order valence-corrected chi connectivity index (χ0v) is 10.4. The number of carbonyl (C=O) groups is 1. The molecule has 0 aromatic carbocycles. The van der Waals surface area contributed by atoms with Gasteiger partial charge in [0.15, 0.2) is 0 Å². The molecule has 2 heterocycles. The van der Waals surface area contributed by atoms with Crippen LogP contribution in [0.1, 0.15) is 37.9 Å². The van der Waals surface area contributed by atoms with Crippen LogP contribution in [0.3, 0.4) is 0 Å². The van der Waals surface area contributed by atoms with Crippen LogP contribution >= 0.6 is 0 Å². The van der Waals surface area contributed by atoms with Crippen molar-refractivity contribution in [3.8, 4) is 0 Å². The predicted molar refractivity (Wildman–Crippen MR) is 67.7 cm³/mol. The minimum atomic E-state index is -0.0110. The van der Waals surface area contributed by atoms with Gasteiger partial charge in [-0.25, -0.2) is 0 Å². The minimum Gasteiger partial charge on any atom is -0.357 e. The summed E-state index contributed by atoms with van der Waals surface area (Å²) < 4.78 is 0. The monoisotopic (exact) mass is 231 g/mol. The van der Waals surface area contributed by atoms with Crippen LogP contribution in [0.25, 0.3) is 10.9 Å². The molecule has 0 aliphatic carbocycles. The smallest absolute Gasteiger partial charge is 0.217 e. The van der Waals surface area contributed by atoms with Crippen LogP contribution in [0, 0.1) is 0 Å². The quantitative estimate of drug-likeness (QED) is 0.851. The van der Waals surface area contributed by atoms with Crippen LogP contribution < -0.4 is 5.32 Å². The van der Waals surface area contributed by atoms with Crippen molar-refractivity contribution in [2.75, 3.05) is 0 Å². The first kappa shape index (κ1) is 11.6. The van der Waals surface area contributed by atoms with Gasteiger partial charge in [0.1, 0.15) is 0 Å². The molecule has 0 aliphatic heterocycles. The lowest BCUT2D eigenvalue weighted by Crippen LogP contribution is -2.19. The van der Waals surface area contributed by atoms with Gasteiger partial charge in [-0.2, -0.15) is 0 Å². The molecule has 0 saturated heterocycles. The molecular formula is C13H17N3O. The molecule has 0 radical (unpaired) electrons. The fourth-order valence-electron chi connectivity index (χ4n) is 2.02. The largest absolute Gasteiger partial charge is 0.357 e. The van der Waals surface area contributed by atoms with E-state index in [9.17, 15) is 4.79 Å². The first-order valence-electron chi connectivity index (χ1n) is 5.78. The highest BCUT2D eigenvalue weighted by Gasteiger charge is 2.13. The molecule has 0 spiro atoms. The fourth-order valence-corrected chi connectivity index (χ4v) is 2.02. The van der Waals surface area contributed by atoms with Crippen molar-refractivity contribution < 1.29 is 4.79 Å². The molecule has 2 aromatic rings. The second-order valence-electron chi connectivity index (χ2n) is 4.50. The second-order valence-corrected chi connectivity index (χ2v) is 4.50. The van der Waals surface area contributed by atoms with E-state index in [1.165, 1.54) is 12.6 Å². The summed E-state index contributed by atoms with van der Waals surface area (Å²) in [7, 11) is 0. The predicted octanol–water partition coefficient (Wildman–Crippen LogP) is 2.32. The molecule has 1 amide bonds. The van der Waals surface area contributed by atoms with E-state index < -0.39 is 0 Å². The van der Waals surface area contributed by atoms with Gasteiger partial charge in [-0.3, -0.25) is 9.78 Å². The van der Waals surface area contributed by atoms with Gasteiger partial charge in [-0.1, -0.05) is 13.8 Å². The maximum Gasteiger partial charge on any atom is 0.217 e. The summed E-state index contributed by atoms with van der Waals surface area (Å²) in [5.74, 6) is 0.384. The van der Waals surface area contributed by atoms with Gasteiger partial charge in [0.25, 0.3) is 0 Å². The van der Waals surface area contributed by atoms with Crippen LogP contribution in [0.15, 0.2) is 18.5 Å². The third-order valence-electron chi connectivity index (χ3n) is 2.83. The van der Waals surface area contributed by atoms with E-state index in [4.69, 9.17) is 0 Å². The number of pyridine rings is 1. The average Bonchev–Trinajstić information content (AvgIpc) is 2.65. The van der Waals surface area contributed by atoms with Crippen molar-refractivity contribution >= 4 is 16.8 Å². The van der Waals surface area contributed by atoms with Crippen molar-refractivity contribution in [3.05, 3.63) is 29.7 Å². The first-order chi connectivity index (χ1) is 8.09. The lowest BCUT2D eigenvalue weighted by atomic mass is 10.0. The Labute approximate surface area is 100 Å². The summed E-state index contributed by atoms with van der Waals surface area (Å²) in [6.07, 6.45) is 3.59. The topological polar surface area (TPSA) is 57.8 Å². The fraction of sp³-hybridized carbons (Fsp3) is 0.385. The van der Waals surface area contributed by atoms with Crippen LogP contribution in [0.2, 0.25) is 0 Å². The normalized spacial score (nSPS) is 11.1. The Kier molecular flexibility index (Phi) is 3.13. The molecule has 0 saturated carbocycles. The summed E-state index contributed by atoms with van der Waals surface area (Å²) in [6.45, 7) is 6.36. The number of aromatic amines is 1. The van der Waals surface area contributed by atoms with E-state index in [0.29, 0.717) is 12.5 Å². The maximum absolute atomic E-state index is 11.0. The summed E-state index contributed by atoms with van der Waals surface area (Å²) in [4.78, 5) is 18.5. The third-order valence-corrected chi connectivity index (χ3v) is 2.83. The molecule has 17 heavy (non-hydrogen) atoms. The van der Waals surface area contributed by atoms with Crippen LogP contribution in [0.5, 0.6) is 0 Å². The van der Waals surface area contributed by atoms with Crippen molar-refractivity contribution in [3.63, 3.8) is 0 Å². The SMILES string of the molecule is CC(=O)NCc1c(C(C)C)[nH]c2cnccc12. The molecule has 4 nitrogen and oxygen atoms in total. The molecular weight excluding hydrogens is 214 g/mol. The molecule has 2 aromatic heterocycles. The number of H-pyrrole nitrogens is 1. The molecule has 90 valence electrons. The van der Waals surface area contributed by atoms with Gasteiger partial charge in [0.05, 0.1) is 11.7 Å². The molecule has 0 aliphatic rings. The molecule has 2 N–H and O–H groups in total. The Bertz CT molecular complexity index is 543. The number of fused-ring (bicyclic) bond motifs is 1. The zero-order valence-electron chi connectivity index (χ0n) is 10.4. The number of hydrogen-bond donors (Lipinski definition) is 2. The van der Waals surface area contributed by atoms with Crippen LogP contribution in [-0.4, -0.2) is 15.9 Å². The van der Waals surface area contributed by atoms with E-state index in [1.807, 2.05) is 12.3 Å². The van der Waals surface area contributed by atoms with Crippen molar-refractivity contribution in [2.45, 2.75) is 33.2 Å². The number of nitrogens with zero attached hydrogens (tertiary/aromatic N) is 1. The zero-order chi connectivity index (χ0) is 12.4. The highest BCUT2D eigenvalue weighted by Crippen LogP contribution is 2.26. The first-order valence-corrected chi connectivity index (χ1v) is 5.78. The number of rotatable bonds is 3. The van der Waals surface area contributed by atoms with E-state index >= 15 is 0 Å². The van der Waals surface area contributed by atoms with E-state index in [1.54, 1.807) is 6.20 Å². The van der Waals surface area contributed by atoms with Gasteiger partial charge >= 0.3 is 0 Å². The summed E-state index contributed by atoms with van der Waals surface area (Å²) in [5.41, 5.74) is 3.35. The van der Waals surface area contributed by atoms with E-state index in [2.05, 4.69) is 29.1 Å². The standard InChI is InChI=1S/C13H17N3O/c1-8(2)13-11(6-15-9(3)17)10-4-5-14-7-12(10)16-13/h4-5,7-8,16H,6H2,1-3H3,(H,15,17). The Hall–Kier alpha value is -1.84. The van der Waals surface area contributed by atoms with Crippen LogP contribution in [0.4, 0.5) is 0 Å². The number of amides is 1. The Morgan fingerprint density at radius 2 is 2.29 bits per heavy atom. The number of nitrogens with one attached hydrogen (secondary N) is 2.